The van der Waals surface area contributed by atoms with Crippen molar-refractivity contribution >= 4 is 23.1 Å². The van der Waals surface area contributed by atoms with Crippen LogP contribution in [0.15, 0.2) is 90.6 Å². The van der Waals surface area contributed by atoms with E-state index < -0.39 is 0 Å². The second-order valence-electron chi connectivity index (χ2n) is 7.57. The Balaban J connectivity index is 1.70. The molecule has 5 nitrogen and oxygen atoms in total. The van der Waals surface area contributed by atoms with Crippen LogP contribution in [-0.2, 0) is 16.0 Å². The molecule has 0 fully saturated rings. The minimum atomic E-state index is -0.277. The first kappa shape index (κ1) is 21.4. The van der Waals surface area contributed by atoms with Crippen LogP contribution in [-0.4, -0.2) is 36.9 Å². The summed E-state index contributed by atoms with van der Waals surface area (Å²) >= 11 is 0. The Morgan fingerprint density at radius 2 is 1.44 bits per heavy atom. The third-order valence-corrected chi connectivity index (χ3v) is 5.54. The Kier molecular flexibility index (Phi) is 6.36. The van der Waals surface area contributed by atoms with E-state index in [9.17, 15) is 9.59 Å². The van der Waals surface area contributed by atoms with E-state index in [1.165, 1.54) is 4.90 Å². The van der Waals surface area contributed by atoms with Crippen molar-refractivity contribution < 1.29 is 14.3 Å². The number of para-hydroxylation sites is 1. The van der Waals surface area contributed by atoms with Crippen molar-refractivity contribution in [3.63, 3.8) is 0 Å². The van der Waals surface area contributed by atoms with Gasteiger partial charge in [-0.2, -0.15) is 0 Å². The van der Waals surface area contributed by atoms with Crippen molar-refractivity contribution in [3.8, 4) is 5.75 Å². The topological polar surface area (TPSA) is 49.9 Å². The molecule has 3 aromatic carbocycles. The molecule has 1 aliphatic rings. The van der Waals surface area contributed by atoms with E-state index in [1.54, 1.807) is 4.90 Å². The fourth-order valence-corrected chi connectivity index (χ4v) is 3.89. The number of imide groups is 1. The standard InChI is InChI=1S/C27H26N2O3/c1-3-32-23-16-14-21(15-17-23)24-25(28(2)22-12-8-5-9-13-22)27(31)29(26(24)30)19-18-20-10-6-4-7-11-20/h4-17H,3,18-19H2,1-2H3. The molecule has 2 amide bonds. The molecule has 0 aromatic heterocycles. The molecule has 4 rings (SSSR count). The number of rotatable bonds is 8. The van der Waals surface area contributed by atoms with Gasteiger partial charge in [0.2, 0.25) is 0 Å². The van der Waals surface area contributed by atoms with Gasteiger partial charge in [-0.05, 0) is 48.7 Å². The molecule has 0 N–H and O–H groups in total. The lowest BCUT2D eigenvalue weighted by Gasteiger charge is -2.21. The molecule has 162 valence electrons. The maximum Gasteiger partial charge on any atom is 0.278 e. The maximum atomic E-state index is 13.5. The first-order chi connectivity index (χ1) is 15.6. The first-order valence-corrected chi connectivity index (χ1v) is 10.8. The molecular formula is C27H26N2O3. The number of hydrogen-bond donors (Lipinski definition) is 0. The monoisotopic (exact) mass is 426 g/mol. The highest BCUT2D eigenvalue weighted by Crippen LogP contribution is 2.34. The van der Waals surface area contributed by atoms with Crippen molar-refractivity contribution in [3.05, 3.63) is 102 Å². The van der Waals surface area contributed by atoms with Gasteiger partial charge in [0.1, 0.15) is 11.4 Å². The average molecular weight is 427 g/mol. The summed E-state index contributed by atoms with van der Waals surface area (Å²) in [5.74, 6) is 0.182. The van der Waals surface area contributed by atoms with Crippen molar-refractivity contribution in [1.29, 1.82) is 0 Å². The first-order valence-electron chi connectivity index (χ1n) is 10.8. The zero-order valence-electron chi connectivity index (χ0n) is 18.3. The molecule has 3 aromatic rings. The van der Waals surface area contributed by atoms with Crippen LogP contribution in [0.1, 0.15) is 18.1 Å². The van der Waals surface area contributed by atoms with E-state index in [0.717, 1.165) is 17.0 Å². The van der Waals surface area contributed by atoms with Gasteiger partial charge >= 0.3 is 0 Å². The number of amides is 2. The van der Waals surface area contributed by atoms with Crippen molar-refractivity contribution in [2.75, 3.05) is 25.1 Å². The van der Waals surface area contributed by atoms with Crippen LogP contribution in [0, 0.1) is 0 Å². The lowest BCUT2D eigenvalue weighted by molar-refractivity contribution is -0.136. The van der Waals surface area contributed by atoms with Gasteiger partial charge < -0.3 is 9.64 Å². The van der Waals surface area contributed by atoms with Gasteiger partial charge in [-0.1, -0.05) is 60.7 Å². The van der Waals surface area contributed by atoms with E-state index in [0.29, 0.717) is 36.4 Å². The molecular weight excluding hydrogens is 400 g/mol. The molecule has 0 unspecified atom stereocenters. The number of anilines is 1. The summed E-state index contributed by atoms with van der Waals surface area (Å²) in [4.78, 5) is 30.1. The lowest BCUT2D eigenvalue weighted by Crippen LogP contribution is -2.35. The summed E-state index contributed by atoms with van der Waals surface area (Å²) < 4.78 is 5.53. The molecule has 1 aliphatic heterocycles. The van der Waals surface area contributed by atoms with Gasteiger partial charge in [-0.15, -0.1) is 0 Å². The second-order valence-corrected chi connectivity index (χ2v) is 7.57. The third kappa shape index (κ3) is 4.28. The molecule has 0 atom stereocenters. The van der Waals surface area contributed by atoms with Crippen LogP contribution in [0.3, 0.4) is 0 Å². The summed E-state index contributed by atoms with van der Waals surface area (Å²) in [5, 5.41) is 0. The van der Waals surface area contributed by atoms with Crippen LogP contribution < -0.4 is 9.64 Å². The van der Waals surface area contributed by atoms with E-state index in [4.69, 9.17) is 4.74 Å². The number of ether oxygens (including phenoxy) is 1. The van der Waals surface area contributed by atoms with Crippen LogP contribution >= 0.6 is 0 Å². The van der Waals surface area contributed by atoms with Crippen LogP contribution in [0.5, 0.6) is 5.75 Å². The SMILES string of the molecule is CCOc1ccc(C2=C(N(C)c3ccccc3)C(=O)N(CCc3ccccc3)C2=O)cc1. The van der Waals surface area contributed by atoms with Crippen molar-refractivity contribution in [2.24, 2.45) is 0 Å². The molecule has 0 bridgehead atoms. The van der Waals surface area contributed by atoms with E-state index in [1.807, 2.05) is 98.9 Å². The number of carbonyl (C=O) groups excluding carboxylic acids is 2. The van der Waals surface area contributed by atoms with Gasteiger partial charge in [-0.25, -0.2) is 0 Å². The van der Waals surface area contributed by atoms with Crippen LogP contribution in [0.2, 0.25) is 0 Å². The summed E-state index contributed by atoms with van der Waals surface area (Å²) in [5.41, 5.74) is 3.43. The van der Waals surface area contributed by atoms with Gasteiger partial charge in [0.15, 0.2) is 0 Å². The Labute approximate surface area is 188 Å². The fraction of sp³-hybridized carbons (Fsp3) is 0.185. The highest BCUT2D eigenvalue weighted by atomic mass is 16.5. The predicted octanol–water partition coefficient (Wildman–Crippen LogP) is 4.54. The Morgan fingerprint density at radius 1 is 0.812 bits per heavy atom. The minimum Gasteiger partial charge on any atom is -0.494 e. The van der Waals surface area contributed by atoms with E-state index in [-0.39, 0.29) is 11.8 Å². The second kappa shape index (κ2) is 9.52. The molecule has 0 spiro atoms. The predicted molar refractivity (Wildman–Crippen MR) is 126 cm³/mol. The number of benzene rings is 3. The summed E-state index contributed by atoms with van der Waals surface area (Å²) in [6.45, 7) is 2.82. The van der Waals surface area contributed by atoms with Gasteiger partial charge in [0.25, 0.3) is 11.8 Å². The Morgan fingerprint density at radius 3 is 2.06 bits per heavy atom. The smallest absolute Gasteiger partial charge is 0.278 e. The zero-order chi connectivity index (χ0) is 22.5. The third-order valence-electron chi connectivity index (χ3n) is 5.54. The van der Waals surface area contributed by atoms with Crippen molar-refractivity contribution in [1.82, 2.24) is 4.90 Å². The number of hydrogen-bond acceptors (Lipinski definition) is 4. The lowest BCUT2D eigenvalue weighted by atomic mass is 10.0. The molecule has 0 saturated carbocycles. The van der Waals surface area contributed by atoms with Crippen LogP contribution in [0.25, 0.3) is 5.57 Å². The summed E-state index contributed by atoms with van der Waals surface area (Å²) in [6, 6.07) is 26.8. The Bertz CT molecular complexity index is 1120. The molecule has 0 radical (unpaired) electrons. The van der Waals surface area contributed by atoms with Gasteiger partial charge in [-0.3, -0.25) is 14.5 Å². The quantitative estimate of drug-likeness (QED) is 0.496. The molecule has 1 heterocycles. The van der Waals surface area contributed by atoms with E-state index in [2.05, 4.69) is 0 Å². The maximum absolute atomic E-state index is 13.5. The van der Waals surface area contributed by atoms with E-state index >= 15 is 0 Å². The van der Waals surface area contributed by atoms with Gasteiger partial charge in [0, 0.05) is 19.3 Å². The molecule has 32 heavy (non-hydrogen) atoms. The highest BCUT2D eigenvalue weighted by molar-refractivity contribution is 6.36. The minimum absolute atomic E-state index is 0.270. The number of nitrogens with zero attached hydrogens (tertiary/aromatic N) is 2. The number of likely N-dealkylation sites (N-methyl/N-ethyl adjacent to an activating group) is 1. The molecule has 5 heteroatoms. The number of carbonyl (C=O) groups is 2. The normalized spacial score (nSPS) is 13.6. The Hall–Kier alpha value is -3.86. The molecule has 0 saturated heterocycles. The van der Waals surface area contributed by atoms with Crippen molar-refractivity contribution in [2.45, 2.75) is 13.3 Å². The largest absolute Gasteiger partial charge is 0.494 e. The summed E-state index contributed by atoms with van der Waals surface area (Å²) in [6.07, 6.45) is 0.608. The average Bonchev–Trinajstić information content (AvgIpc) is 3.08. The highest BCUT2D eigenvalue weighted by Gasteiger charge is 2.40. The van der Waals surface area contributed by atoms with Gasteiger partial charge in [0.05, 0.1) is 12.2 Å². The molecule has 0 aliphatic carbocycles. The van der Waals surface area contributed by atoms with Crippen LogP contribution in [0.4, 0.5) is 5.69 Å². The fourth-order valence-electron chi connectivity index (χ4n) is 3.89. The summed E-state index contributed by atoms with van der Waals surface area (Å²) in [7, 11) is 1.82. The zero-order valence-corrected chi connectivity index (χ0v) is 18.3.